The van der Waals surface area contributed by atoms with Gasteiger partial charge in [0.05, 0.1) is 11.0 Å². The summed E-state index contributed by atoms with van der Waals surface area (Å²) >= 11 is 3.52. The highest BCUT2D eigenvalue weighted by atomic mass is 79.9. The summed E-state index contributed by atoms with van der Waals surface area (Å²) in [6, 6.07) is 2.14. The van der Waals surface area contributed by atoms with Gasteiger partial charge in [-0.1, -0.05) is 0 Å². The lowest BCUT2D eigenvalue weighted by atomic mass is 10.2. The maximum Gasteiger partial charge on any atom is 0.169 e. The van der Waals surface area contributed by atoms with E-state index in [9.17, 15) is 0 Å². The van der Waals surface area contributed by atoms with Crippen LogP contribution in [0.25, 0.3) is 5.65 Å². The van der Waals surface area contributed by atoms with Gasteiger partial charge < -0.3 is 5.73 Å². The zero-order valence-electron chi connectivity index (χ0n) is 8.15. The standard InChI is InChI=1S/C10H11BrN4/c11-8-3-7(6-1-2-6)5-15-10(8)13-9(4-12)14-15/h3,5-6H,1-2,4,12H2. The Hall–Kier alpha value is -0.940. The molecule has 3 rings (SSSR count). The van der Waals surface area contributed by atoms with E-state index in [0.29, 0.717) is 12.4 Å². The lowest BCUT2D eigenvalue weighted by Crippen LogP contribution is -1.98. The van der Waals surface area contributed by atoms with Crippen LogP contribution in [0.15, 0.2) is 16.7 Å². The van der Waals surface area contributed by atoms with Gasteiger partial charge in [-0.25, -0.2) is 9.50 Å². The second-order valence-electron chi connectivity index (χ2n) is 3.90. The fraction of sp³-hybridized carbons (Fsp3) is 0.400. The summed E-state index contributed by atoms with van der Waals surface area (Å²) in [6.45, 7) is 0.382. The Kier molecular flexibility index (Phi) is 2.03. The van der Waals surface area contributed by atoms with Gasteiger partial charge in [0.2, 0.25) is 0 Å². The Labute approximate surface area is 95.6 Å². The van der Waals surface area contributed by atoms with E-state index in [0.717, 1.165) is 16.0 Å². The summed E-state index contributed by atoms with van der Waals surface area (Å²) in [7, 11) is 0. The molecule has 5 heteroatoms. The molecule has 1 saturated carbocycles. The van der Waals surface area contributed by atoms with Gasteiger partial charge in [-0.3, -0.25) is 0 Å². The third kappa shape index (κ3) is 1.55. The first-order valence-corrected chi connectivity index (χ1v) is 5.82. The van der Waals surface area contributed by atoms with Crippen LogP contribution in [0.2, 0.25) is 0 Å². The summed E-state index contributed by atoms with van der Waals surface area (Å²) in [5, 5.41) is 4.31. The topological polar surface area (TPSA) is 56.2 Å². The molecule has 78 valence electrons. The zero-order chi connectivity index (χ0) is 10.4. The largest absolute Gasteiger partial charge is 0.324 e. The predicted molar refractivity (Wildman–Crippen MR) is 60.6 cm³/mol. The van der Waals surface area contributed by atoms with E-state index < -0.39 is 0 Å². The van der Waals surface area contributed by atoms with Gasteiger partial charge in [-0.05, 0) is 46.3 Å². The number of hydrogen-bond acceptors (Lipinski definition) is 3. The van der Waals surface area contributed by atoms with Crippen molar-refractivity contribution in [3.05, 3.63) is 28.1 Å². The van der Waals surface area contributed by atoms with Gasteiger partial charge in [0.25, 0.3) is 0 Å². The van der Waals surface area contributed by atoms with E-state index in [1.165, 1.54) is 18.4 Å². The first-order valence-electron chi connectivity index (χ1n) is 5.02. The highest BCUT2D eigenvalue weighted by Crippen LogP contribution is 2.41. The molecule has 0 radical (unpaired) electrons. The van der Waals surface area contributed by atoms with Crippen LogP contribution in [0.4, 0.5) is 0 Å². The van der Waals surface area contributed by atoms with E-state index >= 15 is 0 Å². The minimum atomic E-state index is 0.382. The maximum absolute atomic E-state index is 5.52. The van der Waals surface area contributed by atoms with E-state index in [2.05, 4.69) is 38.3 Å². The minimum Gasteiger partial charge on any atom is -0.324 e. The molecule has 0 spiro atoms. The molecule has 0 aliphatic heterocycles. The molecule has 2 heterocycles. The first-order chi connectivity index (χ1) is 7.28. The average Bonchev–Trinajstić information content (AvgIpc) is 2.98. The van der Waals surface area contributed by atoms with Crippen LogP contribution in [0.5, 0.6) is 0 Å². The second-order valence-corrected chi connectivity index (χ2v) is 4.75. The fourth-order valence-corrected chi connectivity index (χ4v) is 2.27. The van der Waals surface area contributed by atoms with Crippen LogP contribution in [0.3, 0.4) is 0 Å². The number of rotatable bonds is 2. The van der Waals surface area contributed by atoms with Crippen LogP contribution in [-0.2, 0) is 6.54 Å². The number of halogens is 1. The molecule has 15 heavy (non-hydrogen) atoms. The van der Waals surface area contributed by atoms with Crippen LogP contribution < -0.4 is 5.73 Å². The molecule has 1 aliphatic rings. The molecule has 0 unspecified atom stereocenters. The third-order valence-electron chi connectivity index (χ3n) is 2.68. The van der Waals surface area contributed by atoms with Crippen molar-refractivity contribution in [3.63, 3.8) is 0 Å². The molecular weight excluding hydrogens is 256 g/mol. The summed E-state index contributed by atoms with van der Waals surface area (Å²) in [4.78, 5) is 4.33. The van der Waals surface area contributed by atoms with Crippen molar-refractivity contribution in [1.82, 2.24) is 14.6 Å². The van der Waals surface area contributed by atoms with E-state index in [1.54, 1.807) is 0 Å². The molecule has 0 saturated heterocycles. The van der Waals surface area contributed by atoms with Gasteiger partial charge in [-0.15, -0.1) is 5.10 Å². The van der Waals surface area contributed by atoms with Gasteiger partial charge >= 0.3 is 0 Å². The van der Waals surface area contributed by atoms with E-state index in [-0.39, 0.29) is 0 Å². The normalized spacial score (nSPS) is 16.1. The Morgan fingerprint density at radius 2 is 2.33 bits per heavy atom. The molecule has 0 aromatic carbocycles. The van der Waals surface area contributed by atoms with Crippen LogP contribution in [0.1, 0.15) is 30.1 Å². The number of nitrogens with zero attached hydrogens (tertiary/aromatic N) is 3. The fourth-order valence-electron chi connectivity index (χ4n) is 1.74. The van der Waals surface area contributed by atoms with Crippen molar-refractivity contribution < 1.29 is 0 Å². The summed E-state index contributed by atoms with van der Waals surface area (Å²) in [5.41, 5.74) is 7.70. The SMILES string of the molecule is NCc1nc2c(Br)cc(C3CC3)cn2n1. The molecule has 0 amide bonds. The van der Waals surface area contributed by atoms with Crippen molar-refractivity contribution in [2.24, 2.45) is 5.73 Å². The number of fused-ring (bicyclic) bond motifs is 1. The molecule has 2 N–H and O–H groups in total. The van der Waals surface area contributed by atoms with Crippen molar-refractivity contribution in [3.8, 4) is 0 Å². The lowest BCUT2D eigenvalue weighted by Gasteiger charge is -2.00. The highest BCUT2D eigenvalue weighted by molar-refractivity contribution is 9.10. The Morgan fingerprint density at radius 3 is 3.00 bits per heavy atom. The van der Waals surface area contributed by atoms with Gasteiger partial charge in [0.15, 0.2) is 11.5 Å². The third-order valence-corrected chi connectivity index (χ3v) is 3.27. The molecule has 1 fully saturated rings. The Bertz CT molecular complexity index is 515. The number of nitrogens with two attached hydrogens (primary N) is 1. The summed E-state index contributed by atoms with van der Waals surface area (Å²) < 4.78 is 2.82. The van der Waals surface area contributed by atoms with E-state index in [1.807, 2.05) is 4.52 Å². The summed E-state index contributed by atoms with van der Waals surface area (Å²) in [5.74, 6) is 1.40. The second kappa shape index (κ2) is 3.28. The van der Waals surface area contributed by atoms with Crippen molar-refractivity contribution in [2.45, 2.75) is 25.3 Å². The quantitative estimate of drug-likeness (QED) is 0.903. The first kappa shape index (κ1) is 9.30. The van der Waals surface area contributed by atoms with Crippen LogP contribution >= 0.6 is 15.9 Å². The monoisotopic (exact) mass is 266 g/mol. The Morgan fingerprint density at radius 1 is 1.53 bits per heavy atom. The molecule has 1 aliphatic carbocycles. The smallest absolute Gasteiger partial charge is 0.169 e. The predicted octanol–water partition coefficient (Wildman–Crippen LogP) is 1.83. The minimum absolute atomic E-state index is 0.382. The highest BCUT2D eigenvalue weighted by Gasteiger charge is 2.24. The van der Waals surface area contributed by atoms with E-state index in [4.69, 9.17) is 5.73 Å². The van der Waals surface area contributed by atoms with Crippen LogP contribution in [0, 0.1) is 0 Å². The Balaban J connectivity index is 2.20. The number of pyridine rings is 1. The molecule has 0 bridgehead atoms. The number of aromatic nitrogens is 3. The van der Waals surface area contributed by atoms with Gasteiger partial charge in [0, 0.05) is 6.20 Å². The van der Waals surface area contributed by atoms with Crippen molar-refractivity contribution >= 4 is 21.6 Å². The van der Waals surface area contributed by atoms with Gasteiger partial charge in [0.1, 0.15) is 0 Å². The number of hydrogen-bond donors (Lipinski definition) is 1. The molecular formula is C10H11BrN4. The molecule has 4 nitrogen and oxygen atoms in total. The molecule has 2 aromatic rings. The summed E-state index contributed by atoms with van der Waals surface area (Å²) in [6.07, 6.45) is 4.64. The molecule has 2 aromatic heterocycles. The van der Waals surface area contributed by atoms with Crippen molar-refractivity contribution in [2.75, 3.05) is 0 Å². The van der Waals surface area contributed by atoms with Crippen LogP contribution in [-0.4, -0.2) is 14.6 Å². The maximum atomic E-state index is 5.52. The van der Waals surface area contributed by atoms with Gasteiger partial charge in [-0.2, -0.15) is 0 Å². The average molecular weight is 267 g/mol. The zero-order valence-corrected chi connectivity index (χ0v) is 9.74. The molecule has 0 atom stereocenters. The van der Waals surface area contributed by atoms with Crippen molar-refractivity contribution in [1.29, 1.82) is 0 Å². The lowest BCUT2D eigenvalue weighted by molar-refractivity contribution is 0.860.